The molecule has 0 saturated carbocycles. The Morgan fingerprint density at radius 1 is 1.21 bits per heavy atom. The maximum atomic E-state index is 5.97. The molecular formula is C10H8ClN3. The summed E-state index contributed by atoms with van der Waals surface area (Å²) in [6, 6.07) is 3.65. The molecule has 2 heterocycles. The summed E-state index contributed by atoms with van der Waals surface area (Å²) in [5, 5.41) is 0.568. The summed E-state index contributed by atoms with van der Waals surface area (Å²) in [5.41, 5.74) is 1.73. The highest BCUT2D eigenvalue weighted by Crippen LogP contribution is 2.22. The van der Waals surface area contributed by atoms with Crippen molar-refractivity contribution in [2.45, 2.75) is 6.92 Å². The van der Waals surface area contributed by atoms with Crippen LogP contribution in [0.4, 0.5) is 0 Å². The smallest absolute Gasteiger partial charge is 0.160 e. The zero-order valence-corrected chi connectivity index (χ0v) is 8.36. The first-order chi connectivity index (χ1) is 6.77. The molecule has 0 aliphatic rings. The summed E-state index contributed by atoms with van der Waals surface area (Å²) in [7, 11) is 0. The molecule has 2 aromatic rings. The standard InChI is InChI=1S/C10H8ClN3/c1-7-2-5-13-10(14-7)8-3-4-12-6-9(8)11/h2-6H,1H3. The fourth-order valence-corrected chi connectivity index (χ4v) is 1.34. The van der Waals surface area contributed by atoms with E-state index in [0.29, 0.717) is 10.8 Å². The Balaban J connectivity index is 2.55. The second-order valence-corrected chi connectivity index (χ2v) is 3.28. The molecule has 0 saturated heterocycles. The highest BCUT2D eigenvalue weighted by atomic mass is 35.5. The van der Waals surface area contributed by atoms with E-state index >= 15 is 0 Å². The van der Waals surface area contributed by atoms with E-state index in [-0.39, 0.29) is 0 Å². The maximum absolute atomic E-state index is 5.97. The third-order valence-corrected chi connectivity index (χ3v) is 2.11. The van der Waals surface area contributed by atoms with Crippen molar-refractivity contribution in [2.75, 3.05) is 0 Å². The number of halogens is 1. The Hall–Kier alpha value is -1.48. The van der Waals surface area contributed by atoms with Gasteiger partial charge in [-0.05, 0) is 19.1 Å². The van der Waals surface area contributed by atoms with Crippen LogP contribution in [0.2, 0.25) is 5.02 Å². The average Bonchev–Trinajstić information content (AvgIpc) is 2.18. The van der Waals surface area contributed by atoms with Crippen molar-refractivity contribution < 1.29 is 0 Å². The van der Waals surface area contributed by atoms with Crippen molar-refractivity contribution in [3.05, 3.63) is 41.4 Å². The summed E-state index contributed by atoms with van der Waals surface area (Å²) >= 11 is 5.97. The summed E-state index contributed by atoms with van der Waals surface area (Å²) in [5.74, 6) is 0.636. The summed E-state index contributed by atoms with van der Waals surface area (Å²) in [6.07, 6.45) is 4.98. The van der Waals surface area contributed by atoms with Gasteiger partial charge in [0, 0.05) is 29.8 Å². The van der Waals surface area contributed by atoms with Crippen LogP contribution in [0.15, 0.2) is 30.7 Å². The van der Waals surface area contributed by atoms with Gasteiger partial charge >= 0.3 is 0 Å². The molecule has 2 rings (SSSR count). The fourth-order valence-electron chi connectivity index (χ4n) is 1.14. The van der Waals surface area contributed by atoms with E-state index in [2.05, 4.69) is 15.0 Å². The number of nitrogens with zero attached hydrogens (tertiary/aromatic N) is 3. The fraction of sp³-hybridized carbons (Fsp3) is 0.100. The van der Waals surface area contributed by atoms with E-state index in [1.165, 1.54) is 0 Å². The molecule has 0 aliphatic heterocycles. The largest absolute Gasteiger partial charge is 0.263 e. The topological polar surface area (TPSA) is 38.7 Å². The van der Waals surface area contributed by atoms with Gasteiger partial charge in [-0.25, -0.2) is 9.97 Å². The van der Waals surface area contributed by atoms with Gasteiger partial charge in [0.05, 0.1) is 5.02 Å². The van der Waals surface area contributed by atoms with Gasteiger partial charge in [-0.1, -0.05) is 11.6 Å². The maximum Gasteiger partial charge on any atom is 0.160 e. The van der Waals surface area contributed by atoms with E-state index in [1.807, 2.05) is 13.0 Å². The van der Waals surface area contributed by atoms with Crippen LogP contribution in [0.1, 0.15) is 5.69 Å². The summed E-state index contributed by atoms with van der Waals surface area (Å²) < 4.78 is 0. The molecule has 0 amide bonds. The number of aromatic nitrogens is 3. The lowest BCUT2D eigenvalue weighted by molar-refractivity contribution is 1.11. The molecule has 14 heavy (non-hydrogen) atoms. The molecule has 0 atom stereocenters. The predicted octanol–water partition coefficient (Wildman–Crippen LogP) is 2.50. The van der Waals surface area contributed by atoms with Crippen LogP contribution in [0.3, 0.4) is 0 Å². The molecule has 4 heteroatoms. The summed E-state index contributed by atoms with van der Waals surface area (Å²) in [4.78, 5) is 12.3. The number of hydrogen-bond donors (Lipinski definition) is 0. The van der Waals surface area contributed by atoms with Crippen LogP contribution >= 0.6 is 11.6 Å². The van der Waals surface area contributed by atoms with Crippen LogP contribution in [0.25, 0.3) is 11.4 Å². The molecule has 2 aromatic heterocycles. The Kier molecular flexibility index (Phi) is 2.41. The lowest BCUT2D eigenvalue weighted by atomic mass is 10.2. The van der Waals surface area contributed by atoms with Crippen molar-refractivity contribution in [2.24, 2.45) is 0 Å². The minimum absolute atomic E-state index is 0.568. The SMILES string of the molecule is Cc1ccnc(-c2ccncc2Cl)n1. The van der Waals surface area contributed by atoms with Crippen molar-refractivity contribution in [3.63, 3.8) is 0 Å². The number of rotatable bonds is 1. The number of aryl methyl sites for hydroxylation is 1. The highest BCUT2D eigenvalue weighted by Gasteiger charge is 2.05. The number of pyridine rings is 1. The van der Waals surface area contributed by atoms with E-state index in [1.54, 1.807) is 24.7 Å². The third-order valence-electron chi connectivity index (χ3n) is 1.81. The zero-order chi connectivity index (χ0) is 9.97. The molecule has 0 unspecified atom stereocenters. The van der Waals surface area contributed by atoms with E-state index in [0.717, 1.165) is 11.3 Å². The third kappa shape index (κ3) is 1.72. The van der Waals surface area contributed by atoms with Gasteiger partial charge in [0.2, 0.25) is 0 Å². The molecule has 0 aromatic carbocycles. The van der Waals surface area contributed by atoms with Crippen LogP contribution in [-0.4, -0.2) is 15.0 Å². The second kappa shape index (κ2) is 3.72. The molecule has 0 N–H and O–H groups in total. The zero-order valence-electron chi connectivity index (χ0n) is 7.61. The van der Waals surface area contributed by atoms with Gasteiger partial charge in [0.1, 0.15) is 0 Å². The van der Waals surface area contributed by atoms with Crippen LogP contribution in [0, 0.1) is 6.92 Å². The first-order valence-electron chi connectivity index (χ1n) is 4.17. The first kappa shape index (κ1) is 9.09. The quantitative estimate of drug-likeness (QED) is 0.718. The molecule has 0 spiro atoms. The minimum atomic E-state index is 0.568. The Labute approximate surface area is 86.8 Å². The van der Waals surface area contributed by atoms with Gasteiger partial charge < -0.3 is 0 Å². The lowest BCUT2D eigenvalue weighted by Gasteiger charge is -2.01. The van der Waals surface area contributed by atoms with E-state index < -0.39 is 0 Å². The van der Waals surface area contributed by atoms with Gasteiger partial charge in [-0.15, -0.1) is 0 Å². The molecule has 3 nitrogen and oxygen atoms in total. The normalized spacial score (nSPS) is 10.1. The van der Waals surface area contributed by atoms with Crippen LogP contribution in [-0.2, 0) is 0 Å². The summed E-state index contributed by atoms with van der Waals surface area (Å²) in [6.45, 7) is 1.92. The molecule has 0 bridgehead atoms. The number of hydrogen-bond acceptors (Lipinski definition) is 3. The second-order valence-electron chi connectivity index (χ2n) is 2.88. The molecule has 0 radical (unpaired) electrons. The van der Waals surface area contributed by atoms with Crippen molar-refractivity contribution in [1.29, 1.82) is 0 Å². The molecule has 70 valence electrons. The molecular weight excluding hydrogens is 198 g/mol. The first-order valence-corrected chi connectivity index (χ1v) is 4.55. The minimum Gasteiger partial charge on any atom is -0.263 e. The van der Waals surface area contributed by atoms with Crippen molar-refractivity contribution >= 4 is 11.6 Å². The average molecular weight is 206 g/mol. The van der Waals surface area contributed by atoms with Gasteiger partial charge in [-0.2, -0.15) is 0 Å². The Bertz CT molecular complexity index is 457. The molecule has 0 aliphatic carbocycles. The van der Waals surface area contributed by atoms with Crippen molar-refractivity contribution in [1.82, 2.24) is 15.0 Å². The highest BCUT2D eigenvalue weighted by molar-refractivity contribution is 6.33. The van der Waals surface area contributed by atoms with E-state index in [4.69, 9.17) is 11.6 Å². The van der Waals surface area contributed by atoms with Crippen LogP contribution < -0.4 is 0 Å². The van der Waals surface area contributed by atoms with Crippen LogP contribution in [0.5, 0.6) is 0 Å². The Morgan fingerprint density at radius 3 is 2.79 bits per heavy atom. The monoisotopic (exact) mass is 205 g/mol. The van der Waals surface area contributed by atoms with Gasteiger partial charge in [-0.3, -0.25) is 4.98 Å². The van der Waals surface area contributed by atoms with Gasteiger partial charge in [0.15, 0.2) is 5.82 Å². The predicted molar refractivity (Wildman–Crippen MR) is 55.0 cm³/mol. The lowest BCUT2D eigenvalue weighted by Crippen LogP contribution is -1.91. The Morgan fingerprint density at radius 2 is 2.07 bits per heavy atom. The van der Waals surface area contributed by atoms with Gasteiger partial charge in [0.25, 0.3) is 0 Å². The molecule has 0 fully saturated rings. The van der Waals surface area contributed by atoms with E-state index in [9.17, 15) is 0 Å². The van der Waals surface area contributed by atoms with Crippen molar-refractivity contribution in [3.8, 4) is 11.4 Å².